The van der Waals surface area contributed by atoms with E-state index in [4.69, 9.17) is 16.6 Å². The van der Waals surface area contributed by atoms with Gasteiger partial charge in [0.25, 0.3) is 0 Å². The molecule has 33 heavy (non-hydrogen) atoms. The van der Waals surface area contributed by atoms with E-state index >= 15 is 0 Å². The summed E-state index contributed by atoms with van der Waals surface area (Å²) in [6.07, 6.45) is 15.5. The first-order valence-electron chi connectivity index (χ1n) is 11.6. The molecule has 1 saturated carbocycles. The number of aromatic nitrogens is 2. The second-order valence-electron chi connectivity index (χ2n) is 10.2. The van der Waals surface area contributed by atoms with Crippen molar-refractivity contribution in [2.45, 2.75) is 63.6 Å². The van der Waals surface area contributed by atoms with Crippen LogP contribution < -0.4 is 5.32 Å². The second kappa shape index (κ2) is 9.30. The number of nitrogens with one attached hydrogen (secondary N) is 1. The van der Waals surface area contributed by atoms with Crippen LogP contribution in [0.25, 0.3) is 0 Å². The standard InChI is InChI=1S/C26H33ClN4OS/c1-7-16(18-12-19(18)24(32)30-26(3,4)5)9-8-15(2)23-25(31(6)14-28-23)33-22-11-10-17-20(27)13-21(17)29-22/h7-11,13-15,17-19,21H,12H2,1-6H3,(H,30,32)/b9-8-,16-7+/t15?,17?,18?,19-,21?/m0/s1. The van der Waals surface area contributed by atoms with Crippen LogP contribution in [0.4, 0.5) is 0 Å². The van der Waals surface area contributed by atoms with Crippen LogP contribution >= 0.6 is 23.4 Å². The van der Waals surface area contributed by atoms with Gasteiger partial charge in [-0.3, -0.25) is 9.79 Å². The number of allylic oxidation sites excluding steroid dienone is 4. The van der Waals surface area contributed by atoms with Crippen LogP contribution in [0.1, 0.15) is 52.7 Å². The zero-order valence-electron chi connectivity index (χ0n) is 20.2. The van der Waals surface area contributed by atoms with Crippen LogP contribution in [0, 0.1) is 17.8 Å². The Labute approximate surface area is 206 Å². The van der Waals surface area contributed by atoms with Crippen molar-refractivity contribution >= 4 is 34.3 Å². The van der Waals surface area contributed by atoms with Crippen LogP contribution in [0.5, 0.6) is 0 Å². The van der Waals surface area contributed by atoms with Crippen molar-refractivity contribution in [2.24, 2.45) is 29.8 Å². The van der Waals surface area contributed by atoms with Crippen LogP contribution in [-0.4, -0.2) is 32.1 Å². The highest BCUT2D eigenvalue weighted by atomic mass is 35.5. The summed E-state index contributed by atoms with van der Waals surface area (Å²) in [5.74, 6) is 0.923. The Morgan fingerprint density at radius 1 is 1.36 bits per heavy atom. The lowest BCUT2D eigenvalue weighted by Crippen LogP contribution is -2.41. The lowest BCUT2D eigenvalue weighted by atomic mass is 9.87. The van der Waals surface area contributed by atoms with Crippen molar-refractivity contribution in [2.75, 3.05) is 0 Å². The van der Waals surface area contributed by atoms with Gasteiger partial charge in [0.05, 0.1) is 23.1 Å². The van der Waals surface area contributed by atoms with Gasteiger partial charge in [0.2, 0.25) is 5.91 Å². The summed E-state index contributed by atoms with van der Waals surface area (Å²) in [5, 5.41) is 6.08. The third kappa shape index (κ3) is 5.38. The molecular weight excluding hydrogens is 452 g/mol. The van der Waals surface area contributed by atoms with Gasteiger partial charge >= 0.3 is 0 Å². The van der Waals surface area contributed by atoms with Gasteiger partial charge in [-0.2, -0.15) is 0 Å². The first-order chi connectivity index (χ1) is 15.6. The molecule has 5 nitrogen and oxygen atoms in total. The number of aryl methyl sites for hydroxylation is 1. The number of thioether (sulfide) groups is 1. The van der Waals surface area contributed by atoms with Crippen molar-refractivity contribution in [3.05, 3.63) is 59.1 Å². The zero-order valence-corrected chi connectivity index (χ0v) is 21.7. The van der Waals surface area contributed by atoms with E-state index in [2.05, 4.69) is 52.2 Å². The molecule has 4 rings (SSSR count). The SMILES string of the molecule is C/C=C(\C=C/C(C)c1ncn(C)c1SC1=NC2C=C(Cl)C2C=C1)C1C[C@@H]1C(=O)NC(C)(C)C. The number of fused-ring (bicyclic) bond motifs is 1. The highest BCUT2D eigenvalue weighted by Gasteiger charge is 2.45. The van der Waals surface area contributed by atoms with E-state index in [9.17, 15) is 4.79 Å². The Bertz CT molecular complexity index is 1090. The average Bonchev–Trinajstić information content (AvgIpc) is 3.44. The molecule has 3 aliphatic rings. The fraction of sp³-hybridized carbons (Fsp3) is 0.500. The van der Waals surface area contributed by atoms with Gasteiger partial charge in [-0.05, 0) is 57.8 Å². The molecule has 1 aliphatic heterocycles. The van der Waals surface area contributed by atoms with Gasteiger partial charge in [-0.25, -0.2) is 4.98 Å². The maximum Gasteiger partial charge on any atom is 0.224 e. The van der Waals surface area contributed by atoms with Crippen molar-refractivity contribution < 1.29 is 4.79 Å². The summed E-state index contributed by atoms with van der Waals surface area (Å²) in [6, 6.07) is 0.165. The Hall–Kier alpha value is -2.05. The molecule has 2 aliphatic carbocycles. The highest BCUT2D eigenvalue weighted by Crippen LogP contribution is 2.45. The minimum absolute atomic E-state index is 0.0744. The maximum absolute atomic E-state index is 12.5. The zero-order chi connectivity index (χ0) is 23.9. The lowest BCUT2D eigenvalue weighted by Gasteiger charge is -2.30. The third-order valence-electron chi connectivity index (χ3n) is 6.25. The number of carbonyl (C=O) groups is 1. The van der Waals surface area contributed by atoms with Gasteiger partial charge < -0.3 is 9.88 Å². The van der Waals surface area contributed by atoms with Crippen molar-refractivity contribution in [1.82, 2.24) is 14.9 Å². The smallest absolute Gasteiger partial charge is 0.224 e. The lowest BCUT2D eigenvalue weighted by molar-refractivity contribution is -0.123. The van der Waals surface area contributed by atoms with Gasteiger partial charge in [-0.1, -0.05) is 54.6 Å². The molecule has 1 aromatic heterocycles. The number of amides is 1. The molecule has 2 heterocycles. The number of aliphatic imine (C=N–C) groups is 1. The normalized spacial score (nSPS) is 27.5. The van der Waals surface area contributed by atoms with E-state index in [0.717, 1.165) is 27.2 Å². The predicted octanol–water partition coefficient (Wildman–Crippen LogP) is 5.76. The molecule has 0 radical (unpaired) electrons. The predicted molar refractivity (Wildman–Crippen MR) is 138 cm³/mol. The van der Waals surface area contributed by atoms with E-state index in [0.29, 0.717) is 5.92 Å². The van der Waals surface area contributed by atoms with Gasteiger partial charge in [0, 0.05) is 35.4 Å². The van der Waals surface area contributed by atoms with Crippen LogP contribution in [0.2, 0.25) is 0 Å². The van der Waals surface area contributed by atoms with Gasteiger partial charge in [0.15, 0.2) is 0 Å². The molecule has 7 heteroatoms. The number of carbonyl (C=O) groups excluding carboxylic acids is 1. The van der Waals surface area contributed by atoms with Crippen molar-refractivity contribution in [1.29, 1.82) is 0 Å². The molecule has 0 aromatic carbocycles. The summed E-state index contributed by atoms with van der Waals surface area (Å²) in [6.45, 7) is 10.3. The molecule has 1 fully saturated rings. The molecule has 5 atom stereocenters. The fourth-order valence-corrected chi connectivity index (χ4v) is 5.64. The summed E-state index contributed by atoms with van der Waals surface area (Å²) in [4.78, 5) is 22.0. The Morgan fingerprint density at radius 3 is 2.76 bits per heavy atom. The average molecular weight is 485 g/mol. The van der Waals surface area contributed by atoms with E-state index in [-0.39, 0.29) is 35.2 Å². The van der Waals surface area contributed by atoms with E-state index in [1.165, 1.54) is 5.57 Å². The molecule has 0 bridgehead atoms. The molecule has 1 aromatic rings. The molecule has 4 unspecified atom stereocenters. The second-order valence-corrected chi connectivity index (χ2v) is 11.6. The Morgan fingerprint density at radius 2 is 2.12 bits per heavy atom. The number of nitrogens with zero attached hydrogens (tertiary/aromatic N) is 3. The number of imidazole rings is 1. The fourth-order valence-electron chi connectivity index (χ4n) is 4.25. The maximum atomic E-state index is 12.5. The Balaban J connectivity index is 1.41. The quantitative estimate of drug-likeness (QED) is 0.522. The number of hydrogen-bond donors (Lipinski definition) is 1. The molecule has 176 valence electrons. The number of hydrogen-bond acceptors (Lipinski definition) is 4. The van der Waals surface area contributed by atoms with E-state index < -0.39 is 0 Å². The number of rotatable bonds is 6. The van der Waals surface area contributed by atoms with Crippen LogP contribution in [0.15, 0.2) is 63.4 Å². The minimum Gasteiger partial charge on any atom is -0.351 e. The first kappa shape index (κ1) is 24.1. The van der Waals surface area contributed by atoms with Crippen LogP contribution in [-0.2, 0) is 11.8 Å². The number of dihydropyridines is 1. The minimum atomic E-state index is -0.197. The largest absolute Gasteiger partial charge is 0.351 e. The molecule has 0 spiro atoms. The third-order valence-corrected chi connectivity index (χ3v) is 7.76. The first-order valence-corrected chi connectivity index (χ1v) is 12.8. The molecular formula is C26H33ClN4OS. The topological polar surface area (TPSA) is 59.3 Å². The summed E-state index contributed by atoms with van der Waals surface area (Å²) in [7, 11) is 2.02. The number of halogens is 1. The summed E-state index contributed by atoms with van der Waals surface area (Å²) in [5.41, 5.74) is 2.06. The van der Waals surface area contributed by atoms with Crippen molar-refractivity contribution in [3.63, 3.8) is 0 Å². The molecule has 1 N–H and O–H groups in total. The van der Waals surface area contributed by atoms with Crippen molar-refractivity contribution in [3.8, 4) is 0 Å². The van der Waals surface area contributed by atoms with Gasteiger partial charge in [0.1, 0.15) is 5.03 Å². The Kier molecular flexibility index (Phi) is 6.79. The van der Waals surface area contributed by atoms with E-state index in [1.54, 1.807) is 11.8 Å². The van der Waals surface area contributed by atoms with Gasteiger partial charge in [-0.15, -0.1) is 0 Å². The molecule has 0 saturated heterocycles. The summed E-state index contributed by atoms with van der Waals surface area (Å²) < 4.78 is 2.06. The monoisotopic (exact) mass is 484 g/mol. The summed E-state index contributed by atoms with van der Waals surface area (Å²) >= 11 is 7.80. The highest BCUT2D eigenvalue weighted by molar-refractivity contribution is 8.14. The van der Waals surface area contributed by atoms with Crippen LogP contribution in [0.3, 0.4) is 0 Å². The molecule has 1 amide bonds. The van der Waals surface area contributed by atoms with E-state index in [1.807, 2.05) is 47.1 Å².